The van der Waals surface area contributed by atoms with Crippen LogP contribution in [0.25, 0.3) is 0 Å². The number of rotatable bonds is 6. The lowest BCUT2D eigenvalue weighted by atomic mass is 9.63. The van der Waals surface area contributed by atoms with Crippen LogP contribution in [0.15, 0.2) is 30.3 Å². The number of amides is 2. The maximum absolute atomic E-state index is 13.2. The number of hydrogen-bond donors (Lipinski definition) is 1. The van der Waals surface area contributed by atoms with E-state index >= 15 is 0 Å². The Bertz CT molecular complexity index is 590. The van der Waals surface area contributed by atoms with Gasteiger partial charge >= 0.3 is 0 Å². The molecule has 1 aromatic carbocycles. The highest BCUT2D eigenvalue weighted by atomic mass is 16.2. The quantitative estimate of drug-likeness (QED) is 0.857. The van der Waals surface area contributed by atoms with Gasteiger partial charge in [0.2, 0.25) is 11.8 Å². The van der Waals surface area contributed by atoms with Crippen molar-refractivity contribution in [3.63, 3.8) is 0 Å². The van der Waals surface area contributed by atoms with Gasteiger partial charge in [-0.2, -0.15) is 0 Å². The molecule has 0 radical (unpaired) electrons. The maximum Gasteiger partial charge on any atom is 0.234 e. The standard InChI is InChI=1S/C20H29N3O2/c1-2-11-21-18(24)16-22-12-14-23(15-13-22)19(25)20(9-6-10-20)17-7-4-3-5-8-17/h3-5,7-8H,2,6,9-16H2,1H3,(H,21,24). The van der Waals surface area contributed by atoms with Gasteiger partial charge in [-0.05, 0) is 24.8 Å². The van der Waals surface area contributed by atoms with Crippen LogP contribution in [0.5, 0.6) is 0 Å². The summed E-state index contributed by atoms with van der Waals surface area (Å²) in [6.45, 7) is 6.20. The molecule has 0 bridgehead atoms. The van der Waals surface area contributed by atoms with Crippen LogP contribution >= 0.6 is 0 Å². The van der Waals surface area contributed by atoms with Crippen molar-refractivity contribution < 1.29 is 9.59 Å². The van der Waals surface area contributed by atoms with Gasteiger partial charge in [-0.1, -0.05) is 43.7 Å². The molecule has 1 aliphatic carbocycles. The lowest BCUT2D eigenvalue weighted by molar-refractivity contribution is -0.142. The van der Waals surface area contributed by atoms with Crippen molar-refractivity contribution in [2.75, 3.05) is 39.3 Å². The van der Waals surface area contributed by atoms with Crippen LogP contribution in [-0.4, -0.2) is 60.9 Å². The lowest BCUT2D eigenvalue weighted by Gasteiger charge is -2.46. The first-order chi connectivity index (χ1) is 12.2. The van der Waals surface area contributed by atoms with Crippen LogP contribution in [0, 0.1) is 0 Å². The zero-order valence-electron chi connectivity index (χ0n) is 15.2. The Hall–Kier alpha value is -1.88. The number of benzene rings is 1. The molecule has 0 spiro atoms. The molecule has 1 heterocycles. The minimum Gasteiger partial charge on any atom is -0.355 e. The summed E-state index contributed by atoms with van der Waals surface area (Å²) >= 11 is 0. The van der Waals surface area contributed by atoms with Gasteiger partial charge < -0.3 is 10.2 Å². The van der Waals surface area contributed by atoms with Crippen molar-refractivity contribution in [2.45, 2.75) is 38.0 Å². The van der Waals surface area contributed by atoms with Gasteiger partial charge in [-0.15, -0.1) is 0 Å². The molecule has 2 amide bonds. The second-order valence-corrected chi connectivity index (χ2v) is 7.22. The van der Waals surface area contributed by atoms with E-state index in [1.165, 1.54) is 0 Å². The Labute approximate surface area is 150 Å². The van der Waals surface area contributed by atoms with Gasteiger partial charge in [-0.3, -0.25) is 14.5 Å². The Kier molecular flexibility index (Phi) is 5.74. The van der Waals surface area contributed by atoms with Gasteiger partial charge in [0.1, 0.15) is 0 Å². The van der Waals surface area contributed by atoms with Crippen molar-refractivity contribution in [2.24, 2.45) is 0 Å². The van der Waals surface area contributed by atoms with E-state index in [1.807, 2.05) is 30.0 Å². The summed E-state index contributed by atoms with van der Waals surface area (Å²) in [6, 6.07) is 10.2. The van der Waals surface area contributed by atoms with Gasteiger partial charge in [0.25, 0.3) is 0 Å². The molecule has 2 fully saturated rings. The summed E-state index contributed by atoms with van der Waals surface area (Å²) in [4.78, 5) is 29.2. The molecule has 1 aliphatic heterocycles. The predicted molar refractivity (Wildman–Crippen MR) is 98.3 cm³/mol. The first kappa shape index (κ1) is 17.9. The molecule has 3 rings (SSSR count). The summed E-state index contributed by atoms with van der Waals surface area (Å²) < 4.78 is 0. The normalized spacial score (nSPS) is 20.0. The van der Waals surface area contributed by atoms with E-state index in [0.29, 0.717) is 19.6 Å². The highest BCUT2D eigenvalue weighted by Gasteiger charge is 2.47. The second-order valence-electron chi connectivity index (χ2n) is 7.22. The molecule has 25 heavy (non-hydrogen) atoms. The third-order valence-corrected chi connectivity index (χ3v) is 5.54. The van der Waals surface area contributed by atoms with E-state index in [4.69, 9.17) is 0 Å². The van der Waals surface area contributed by atoms with Crippen LogP contribution in [0.4, 0.5) is 0 Å². The van der Waals surface area contributed by atoms with Gasteiger partial charge in [0.05, 0.1) is 12.0 Å². The Morgan fingerprint density at radius 3 is 2.32 bits per heavy atom. The molecule has 1 saturated carbocycles. The number of nitrogens with one attached hydrogen (secondary N) is 1. The molecule has 1 aromatic rings. The van der Waals surface area contributed by atoms with Crippen LogP contribution in [0.1, 0.15) is 38.2 Å². The third kappa shape index (κ3) is 3.87. The fourth-order valence-electron chi connectivity index (χ4n) is 3.85. The highest BCUT2D eigenvalue weighted by Crippen LogP contribution is 2.45. The van der Waals surface area contributed by atoms with Gasteiger partial charge in [-0.25, -0.2) is 0 Å². The summed E-state index contributed by atoms with van der Waals surface area (Å²) in [7, 11) is 0. The predicted octanol–water partition coefficient (Wildman–Crippen LogP) is 1.78. The van der Waals surface area contributed by atoms with Gasteiger partial charge in [0, 0.05) is 32.7 Å². The average molecular weight is 343 g/mol. The monoisotopic (exact) mass is 343 g/mol. The fourth-order valence-corrected chi connectivity index (χ4v) is 3.85. The summed E-state index contributed by atoms with van der Waals surface area (Å²) in [5.41, 5.74) is 0.856. The zero-order valence-corrected chi connectivity index (χ0v) is 15.2. The first-order valence-electron chi connectivity index (χ1n) is 9.49. The van der Waals surface area contributed by atoms with E-state index in [9.17, 15) is 9.59 Å². The summed E-state index contributed by atoms with van der Waals surface area (Å²) in [5, 5.41) is 2.92. The molecule has 2 aliphatic rings. The largest absolute Gasteiger partial charge is 0.355 e. The Morgan fingerprint density at radius 2 is 1.76 bits per heavy atom. The van der Waals surface area contributed by atoms with E-state index in [-0.39, 0.29) is 17.2 Å². The van der Waals surface area contributed by atoms with E-state index in [0.717, 1.165) is 50.9 Å². The number of carbonyl (C=O) groups is 2. The third-order valence-electron chi connectivity index (χ3n) is 5.54. The molecule has 1 saturated heterocycles. The Balaban J connectivity index is 1.56. The fraction of sp³-hybridized carbons (Fsp3) is 0.600. The SMILES string of the molecule is CCCNC(=O)CN1CCN(C(=O)C2(c3ccccc3)CCC2)CC1. The van der Waals surface area contributed by atoms with Crippen LogP contribution in [-0.2, 0) is 15.0 Å². The summed E-state index contributed by atoms with van der Waals surface area (Å²) in [5.74, 6) is 0.362. The number of nitrogens with zero attached hydrogens (tertiary/aromatic N) is 2. The molecule has 5 heteroatoms. The van der Waals surface area contributed by atoms with Crippen molar-refractivity contribution >= 4 is 11.8 Å². The smallest absolute Gasteiger partial charge is 0.234 e. The van der Waals surface area contributed by atoms with E-state index in [2.05, 4.69) is 22.3 Å². The van der Waals surface area contributed by atoms with E-state index < -0.39 is 0 Å². The molecule has 0 unspecified atom stereocenters. The topological polar surface area (TPSA) is 52.7 Å². The molecule has 1 N–H and O–H groups in total. The van der Waals surface area contributed by atoms with E-state index in [1.54, 1.807) is 0 Å². The van der Waals surface area contributed by atoms with Crippen LogP contribution in [0.2, 0.25) is 0 Å². The molecule has 0 aromatic heterocycles. The molecule has 0 atom stereocenters. The number of piperazine rings is 1. The number of hydrogen-bond acceptors (Lipinski definition) is 3. The lowest BCUT2D eigenvalue weighted by Crippen LogP contribution is -2.57. The van der Waals surface area contributed by atoms with Crippen LogP contribution in [0.3, 0.4) is 0 Å². The van der Waals surface area contributed by atoms with Crippen molar-refractivity contribution in [1.82, 2.24) is 15.1 Å². The summed E-state index contributed by atoms with van der Waals surface area (Å²) in [6.07, 6.45) is 3.98. The van der Waals surface area contributed by atoms with Crippen molar-refractivity contribution in [1.29, 1.82) is 0 Å². The molecule has 136 valence electrons. The Morgan fingerprint density at radius 1 is 1.08 bits per heavy atom. The van der Waals surface area contributed by atoms with Crippen molar-refractivity contribution in [3.8, 4) is 0 Å². The van der Waals surface area contributed by atoms with Crippen LogP contribution < -0.4 is 5.32 Å². The highest BCUT2D eigenvalue weighted by molar-refractivity contribution is 5.89. The number of carbonyl (C=O) groups excluding carboxylic acids is 2. The minimum atomic E-state index is -0.304. The van der Waals surface area contributed by atoms with Gasteiger partial charge in [0.15, 0.2) is 0 Å². The second kappa shape index (κ2) is 8.00. The molecular formula is C20H29N3O2. The average Bonchev–Trinajstić information content (AvgIpc) is 2.60. The maximum atomic E-state index is 13.2. The zero-order chi connectivity index (χ0) is 17.7. The minimum absolute atomic E-state index is 0.0846. The molecular weight excluding hydrogens is 314 g/mol. The van der Waals surface area contributed by atoms with Crippen molar-refractivity contribution in [3.05, 3.63) is 35.9 Å². The first-order valence-corrected chi connectivity index (χ1v) is 9.49. The molecule has 5 nitrogen and oxygen atoms in total.